The van der Waals surface area contributed by atoms with Crippen molar-refractivity contribution in [2.24, 2.45) is 4.99 Å². The number of hydrogen-bond donors (Lipinski definition) is 2. The second-order valence-electron chi connectivity index (χ2n) is 5.99. The third kappa shape index (κ3) is 6.00. The number of aliphatic imine (C=N–C) groups is 1. The van der Waals surface area contributed by atoms with Gasteiger partial charge in [0.05, 0.1) is 6.61 Å². The van der Waals surface area contributed by atoms with E-state index in [9.17, 15) is 0 Å². The van der Waals surface area contributed by atoms with Gasteiger partial charge >= 0.3 is 0 Å². The molecular weight excluding hydrogens is 457 g/mol. The lowest BCUT2D eigenvalue weighted by Gasteiger charge is -2.14. The molecule has 0 spiro atoms. The zero-order valence-corrected chi connectivity index (χ0v) is 18.0. The van der Waals surface area contributed by atoms with Gasteiger partial charge in [-0.25, -0.2) is 0 Å². The summed E-state index contributed by atoms with van der Waals surface area (Å²) in [6, 6.07) is 14.3. The van der Waals surface area contributed by atoms with E-state index < -0.39 is 0 Å². The molecule has 6 nitrogen and oxygen atoms in total. The molecule has 1 aliphatic heterocycles. The van der Waals surface area contributed by atoms with E-state index in [0.29, 0.717) is 19.9 Å². The minimum absolute atomic E-state index is 0. The Morgan fingerprint density at radius 1 is 1.07 bits per heavy atom. The Labute approximate surface area is 177 Å². The number of guanidine groups is 1. The Morgan fingerprint density at radius 2 is 1.85 bits per heavy atom. The second kappa shape index (κ2) is 11.0. The highest BCUT2D eigenvalue weighted by Gasteiger charge is 2.13. The van der Waals surface area contributed by atoms with E-state index >= 15 is 0 Å². The van der Waals surface area contributed by atoms with Crippen LogP contribution in [-0.4, -0.2) is 33.5 Å². The molecule has 2 aromatic carbocycles. The molecule has 0 aromatic heterocycles. The van der Waals surface area contributed by atoms with Crippen LogP contribution in [0.2, 0.25) is 0 Å². The van der Waals surface area contributed by atoms with Crippen molar-refractivity contribution in [3.8, 4) is 11.5 Å². The van der Waals surface area contributed by atoms with Crippen LogP contribution in [0.1, 0.15) is 16.7 Å². The summed E-state index contributed by atoms with van der Waals surface area (Å²) < 4.78 is 16.0. The summed E-state index contributed by atoms with van der Waals surface area (Å²) in [5.41, 5.74) is 3.58. The minimum atomic E-state index is 0. The molecule has 1 aliphatic rings. The van der Waals surface area contributed by atoms with E-state index in [0.717, 1.165) is 30.4 Å². The van der Waals surface area contributed by atoms with Crippen molar-refractivity contribution in [2.45, 2.75) is 19.6 Å². The first kappa shape index (κ1) is 21.3. The molecule has 0 saturated heterocycles. The SMILES string of the molecule is CN=C(NCCc1ccc2c(c1)OCO2)NCc1ccccc1COC.I. The topological polar surface area (TPSA) is 64.1 Å². The van der Waals surface area contributed by atoms with Crippen molar-refractivity contribution >= 4 is 29.9 Å². The summed E-state index contributed by atoms with van der Waals surface area (Å²) >= 11 is 0. The first-order chi connectivity index (χ1) is 12.8. The molecule has 0 amide bonds. The van der Waals surface area contributed by atoms with Gasteiger partial charge in [0.1, 0.15) is 0 Å². The van der Waals surface area contributed by atoms with Gasteiger partial charge < -0.3 is 24.8 Å². The van der Waals surface area contributed by atoms with Gasteiger partial charge in [0.2, 0.25) is 6.79 Å². The van der Waals surface area contributed by atoms with Crippen LogP contribution in [0.15, 0.2) is 47.5 Å². The fourth-order valence-electron chi connectivity index (χ4n) is 2.85. The maximum absolute atomic E-state index is 5.42. The maximum atomic E-state index is 5.42. The molecule has 1 heterocycles. The molecule has 146 valence electrons. The third-order valence-electron chi connectivity index (χ3n) is 4.23. The summed E-state index contributed by atoms with van der Waals surface area (Å²) in [5, 5.41) is 6.69. The van der Waals surface area contributed by atoms with Crippen molar-refractivity contribution in [1.29, 1.82) is 0 Å². The number of nitrogens with one attached hydrogen (secondary N) is 2. The molecule has 0 radical (unpaired) electrons. The number of ether oxygens (including phenoxy) is 3. The van der Waals surface area contributed by atoms with Gasteiger partial charge in [-0.3, -0.25) is 4.99 Å². The van der Waals surface area contributed by atoms with Gasteiger partial charge in [0.15, 0.2) is 17.5 Å². The Morgan fingerprint density at radius 3 is 2.63 bits per heavy atom. The highest BCUT2D eigenvalue weighted by Crippen LogP contribution is 2.32. The summed E-state index contributed by atoms with van der Waals surface area (Å²) in [6.07, 6.45) is 0.873. The molecular formula is C20H26IN3O3. The number of benzene rings is 2. The van der Waals surface area contributed by atoms with Gasteiger partial charge in [-0.2, -0.15) is 0 Å². The zero-order chi connectivity index (χ0) is 18.2. The van der Waals surface area contributed by atoms with Crippen LogP contribution in [-0.2, 0) is 24.3 Å². The lowest BCUT2D eigenvalue weighted by atomic mass is 10.1. The van der Waals surface area contributed by atoms with Crippen LogP contribution in [0, 0.1) is 0 Å². The summed E-state index contributed by atoms with van der Waals surface area (Å²) in [4.78, 5) is 4.29. The van der Waals surface area contributed by atoms with E-state index in [-0.39, 0.29) is 24.0 Å². The molecule has 0 unspecified atom stereocenters. The van der Waals surface area contributed by atoms with Crippen molar-refractivity contribution in [1.82, 2.24) is 10.6 Å². The lowest BCUT2D eigenvalue weighted by Crippen LogP contribution is -2.38. The first-order valence-electron chi connectivity index (χ1n) is 8.69. The van der Waals surface area contributed by atoms with Crippen molar-refractivity contribution in [2.75, 3.05) is 27.5 Å². The zero-order valence-electron chi connectivity index (χ0n) is 15.7. The first-order valence-corrected chi connectivity index (χ1v) is 8.69. The average Bonchev–Trinajstić information content (AvgIpc) is 3.13. The third-order valence-corrected chi connectivity index (χ3v) is 4.23. The average molecular weight is 483 g/mol. The highest BCUT2D eigenvalue weighted by atomic mass is 127. The van der Waals surface area contributed by atoms with Crippen molar-refractivity contribution in [3.05, 3.63) is 59.2 Å². The molecule has 7 heteroatoms. The number of rotatable bonds is 7. The quantitative estimate of drug-likeness (QED) is 0.360. The van der Waals surface area contributed by atoms with Gasteiger partial charge in [0.25, 0.3) is 0 Å². The standard InChI is InChI=1S/C20H25N3O3.HI/c1-21-20(23-12-16-5-3-4-6-17(16)13-24-2)22-10-9-15-7-8-18-19(11-15)26-14-25-18;/h3-8,11H,9-10,12-14H2,1-2H3,(H2,21,22,23);1H. The van der Waals surface area contributed by atoms with Gasteiger partial charge in [-0.1, -0.05) is 30.3 Å². The predicted octanol–water partition coefficient (Wildman–Crippen LogP) is 3.09. The molecule has 0 aliphatic carbocycles. The molecule has 27 heavy (non-hydrogen) atoms. The van der Waals surface area contributed by atoms with Crippen LogP contribution in [0.25, 0.3) is 0 Å². The lowest BCUT2D eigenvalue weighted by molar-refractivity contribution is 0.174. The number of nitrogens with zero attached hydrogens (tertiary/aromatic N) is 1. The molecule has 2 N–H and O–H groups in total. The molecule has 0 saturated carbocycles. The summed E-state index contributed by atoms with van der Waals surface area (Å²) in [6.45, 7) is 2.38. The van der Waals surface area contributed by atoms with Crippen LogP contribution in [0.4, 0.5) is 0 Å². The monoisotopic (exact) mass is 483 g/mol. The van der Waals surface area contributed by atoms with Crippen LogP contribution in [0.3, 0.4) is 0 Å². The van der Waals surface area contributed by atoms with Gasteiger partial charge in [0, 0.05) is 27.2 Å². The van der Waals surface area contributed by atoms with Crippen molar-refractivity contribution in [3.63, 3.8) is 0 Å². The second-order valence-corrected chi connectivity index (χ2v) is 5.99. The van der Waals surface area contributed by atoms with Gasteiger partial charge in [-0.15, -0.1) is 24.0 Å². The maximum Gasteiger partial charge on any atom is 0.231 e. The molecule has 3 rings (SSSR count). The van der Waals surface area contributed by atoms with Gasteiger partial charge in [-0.05, 0) is 35.2 Å². The molecule has 0 fully saturated rings. The highest BCUT2D eigenvalue weighted by molar-refractivity contribution is 14.0. The van der Waals surface area contributed by atoms with Crippen LogP contribution in [0.5, 0.6) is 11.5 Å². The predicted molar refractivity (Wildman–Crippen MR) is 117 cm³/mol. The number of hydrogen-bond acceptors (Lipinski definition) is 4. The Hall–Kier alpha value is -2.00. The summed E-state index contributed by atoms with van der Waals surface area (Å²) in [5.74, 6) is 2.41. The van der Waals surface area contributed by atoms with E-state index in [1.807, 2.05) is 24.3 Å². The van der Waals surface area contributed by atoms with E-state index in [4.69, 9.17) is 14.2 Å². The van der Waals surface area contributed by atoms with E-state index in [2.05, 4.69) is 33.8 Å². The fourth-order valence-corrected chi connectivity index (χ4v) is 2.85. The van der Waals surface area contributed by atoms with Crippen LogP contribution >= 0.6 is 24.0 Å². The molecule has 2 aromatic rings. The number of methoxy groups -OCH3 is 1. The summed E-state index contributed by atoms with van der Waals surface area (Å²) in [7, 11) is 3.48. The van der Waals surface area contributed by atoms with E-state index in [1.165, 1.54) is 16.7 Å². The molecule has 0 atom stereocenters. The number of halogens is 1. The Kier molecular flexibility index (Phi) is 8.66. The fraction of sp³-hybridized carbons (Fsp3) is 0.350. The Bertz CT molecular complexity index is 768. The smallest absolute Gasteiger partial charge is 0.231 e. The Balaban J connectivity index is 0.00000261. The number of fused-ring (bicyclic) bond motifs is 1. The molecule has 0 bridgehead atoms. The largest absolute Gasteiger partial charge is 0.454 e. The minimum Gasteiger partial charge on any atom is -0.454 e. The van der Waals surface area contributed by atoms with Crippen molar-refractivity contribution < 1.29 is 14.2 Å². The normalized spacial score (nSPS) is 12.4. The van der Waals surface area contributed by atoms with E-state index in [1.54, 1.807) is 14.2 Å². The van der Waals surface area contributed by atoms with Crippen LogP contribution < -0.4 is 20.1 Å².